The predicted molar refractivity (Wildman–Crippen MR) is 77.9 cm³/mol. The second-order valence-electron chi connectivity index (χ2n) is 4.47. The Bertz CT molecular complexity index is 578. The highest BCUT2D eigenvalue weighted by atomic mass is 79.9. The SMILES string of the molecule is Cc1cc(Cl)cc(C(Br)Cc2ccc(F)cc2F)c1. The number of alkyl halides is 1. The van der Waals surface area contributed by atoms with E-state index < -0.39 is 11.6 Å². The molecule has 1 atom stereocenters. The lowest BCUT2D eigenvalue weighted by Gasteiger charge is -2.12. The van der Waals surface area contributed by atoms with Gasteiger partial charge in [0.25, 0.3) is 0 Å². The summed E-state index contributed by atoms with van der Waals surface area (Å²) in [5.41, 5.74) is 2.50. The Balaban J connectivity index is 2.22. The fourth-order valence-corrected chi connectivity index (χ4v) is 2.85. The monoisotopic (exact) mass is 344 g/mol. The van der Waals surface area contributed by atoms with E-state index in [4.69, 9.17) is 11.6 Å². The van der Waals surface area contributed by atoms with Crippen molar-refractivity contribution in [3.8, 4) is 0 Å². The van der Waals surface area contributed by atoms with Crippen LogP contribution in [0.5, 0.6) is 0 Å². The van der Waals surface area contributed by atoms with Crippen LogP contribution >= 0.6 is 27.5 Å². The molecule has 0 amide bonds. The van der Waals surface area contributed by atoms with Crippen molar-refractivity contribution >= 4 is 27.5 Å². The van der Waals surface area contributed by atoms with E-state index in [2.05, 4.69) is 15.9 Å². The van der Waals surface area contributed by atoms with Gasteiger partial charge in [0.05, 0.1) is 0 Å². The Morgan fingerprint density at radius 2 is 1.89 bits per heavy atom. The molecule has 2 rings (SSSR count). The van der Waals surface area contributed by atoms with Gasteiger partial charge >= 0.3 is 0 Å². The van der Waals surface area contributed by atoms with Crippen molar-refractivity contribution in [1.82, 2.24) is 0 Å². The third-order valence-corrected chi connectivity index (χ3v) is 3.91. The van der Waals surface area contributed by atoms with Gasteiger partial charge in [-0.15, -0.1) is 0 Å². The van der Waals surface area contributed by atoms with Crippen LogP contribution in [0.2, 0.25) is 5.02 Å². The lowest BCUT2D eigenvalue weighted by atomic mass is 10.0. The van der Waals surface area contributed by atoms with Crippen LogP contribution < -0.4 is 0 Å². The number of hydrogen-bond donors (Lipinski definition) is 0. The molecule has 0 saturated heterocycles. The van der Waals surface area contributed by atoms with E-state index in [-0.39, 0.29) is 4.83 Å². The fourth-order valence-electron chi connectivity index (χ4n) is 1.94. The highest BCUT2D eigenvalue weighted by Crippen LogP contribution is 2.30. The summed E-state index contributed by atoms with van der Waals surface area (Å²) < 4.78 is 26.4. The lowest BCUT2D eigenvalue weighted by molar-refractivity contribution is 0.571. The summed E-state index contributed by atoms with van der Waals surface area (Å²) >= 11 is 9.53. The van der Waals surface area contributed by atoms with E-state index in [0.717, 1.165) is 17.2 Å². The summed E-state index contributed by atoms with van der Waals surface area (Å²) in [6.07, 6.45) is 0.436. The number of halogens is 4. The third-order valence-electron chi connectivity index (χ3n) is 2.84. The second-order valence-corrected chi connectivity index (χ2v) is 6.01. The topological polar surface area (TPSA) is 0 Å². The zero-order chi connectivity index (χ0) is 14.0. The summed E-state index contributed by atoms with van der Waals surface area (Å²) in [4.78, 5) is -0.0649. The Morgan fingerprint density at radius 3 is 2.53 bits per heavy atom. The van der Waals surface area contributed by atoms with Gasteiger partial charge < -0.3 is 0 Å². The molecule has 4 heteroatoms. The molecule has 0 aliphatic carbocycles. The predicted octanol–water partition coefficient (Wildman–Crippen LogP) is 5.61. The number of benzene rings is 2. The number of hydrogen-bond acceptors (Lipinski definition) is 0. The molecular formula is C15H12BrClF2. The van der Waals surface area contributed by atoms with Crippen LogP contribution in [0.15, 0.2) is 36.4 Å². The maximum Gasteiger partial charge on any atom is 0.129 e. The van der Waals surface area contributed by atoms with Gasteiger partial charge in [-0.25, -0.2) is 8.78 Å². The smallest absolute Gasteiger partial charge is 0.129 e. The first-order chi connectivity index (χ1) is 8.95. The van der Waals surface area contributed by atoms with E-state index in [1.165, 1.54) is 12.1 Å². The van der Waals surface area contributed by atoms with E-state index in [1.54, 1.807) is 0 Å². The molecule has 2 aromatic carbocycles. The Morgan fingerprint density at radius 1 is 1.16 bits per heavy atom. The molecule has 0 radical (unpaired) electrons. The largest absolute Gasteiger partial charge is 0.207 e. The molecule has 0 nitrogen and oxygen atoms in total. The van der Waals surface area contributed by atoms with Crippen LogP contribution in [0.3, 0.4) is 0 Å². The standard InChI is InChI=1S/C15H12BrClF2/c1-9-4-11(6-12(17)5-9)14(16)7-10-2-3-13(18)8-15(10)19/h2-6,8,14H,7H2,1H3. The summed E-state index contributed by atoms with van der Waals surface area (Å²) in [6, 6.07) is 9.33. The molecule has 19 heavy (non-hydrogen) atoms. The minimum absolute atomic E-state index is 0.0649. The van der Waals surface area contributed by atoms with E-state index in [1.807, 2.05) is 25.1 Å². The van der Waals surface area contributed by atoms with Gasteiger partial charge in [-0.3, -0.25) is 0 Å². The molecule has 2 aromatic rings. The molecule has 100 valence electrons. The Labute approximate surface area is 124 Å². The number of rotatable bonds is 3. The minimum Gasteiger partial charge on any atom is -0.207 e. The van der Waals surface area contributed by atoms with E-state index in [9.17, 15) is 8.78 Å². The zero-order valence-electron chi connectivity index (χ0n) is 10.3. The van der Waals surface area contributed by atoms with Gasteiger partial charge in [-0.05, 0) is 48.2 Å². The first-order valence-corrected chi connectivity index (χ1v) is 7.10. The molecular weight excluding hydrogens is 334 g/mol. The molecule has 0 N–H and O–H groups in total. The van der Waals surface area contributed by atoms with Crippen LogP contribution in [-0.4, -0.2) is 0 Å². The third kappa shape index (κ3) is 3.77. The molecule has 1 unspecified atom stereocenters. The molecule has 0 spiro atoms. The fraction of sp³-hybridized carbons (Fsp3) is 0.200. The molecule has 0 aliphatic heterocycles. The first-order valence-electron chi connectivity index (χ1n) is 5.81. The van der Waals surface area contributed by atoms with Gasteiger partial charge in [-0.1, -0.05) is 39.7 Å². The van der Waals surface area contributed by atoms with Crippen molar-refractivity contribution in [2.45, 2.75) is 18.2 Å². The summed E-state index contributed by atoms with van der Waals surface area (Å²) in [6.45, 7) is 1.95. The Kier molecular flexibility index (Phi) is 4.58. The van der Waals surface area contributed by atoms with Gasteiger partial charge in [0, 0.05) is 15.9 Å². The zero-order valence-corrected chi connectivity index (χ0v) is 12.6. The lowest BCUT2D eigenvalue weighted by Crippen LogP contribution is -1.99. The highest BCUT2D eigenvalue weighted by Gasteiger charge is 2.13. The van der Waals surface area contributed by atoms with Crippen molar-refractivity contribution in [3.63, 3.8) is 0 Å². The van der Waals surface area contributed by atoms with Crippen LogP contribution in [0.1, 0.15) is 21.5 Å². The molecule has 0 aliphatic rings. The first kappa shape index (κ1) is 14.5. The molecule has 0 saturated carbocycles. The van der Waals surface area contributed by atoms with Crippen molar-refractivity contribution in [3.05, 3.63) is 69.7 Å². The highest BCUT2D eigenvalue weighted by molar-refractivity contribution is 9.09. The normalized spacial score (nSPS) is 12.5. The average Bonchev–Trinajstić information content (AvgIpc) is 2.31. The maximum absolute atomic E-state index is 13.6. The van der Waals surface area contributed by atoms with Crippen LogP contribution in [0.4, 0.5) is 8.78 Å². The van der Waals surface area contributed by atoms with Gasteiger partial charge in [0.1, 0.15) is 11.6 Å². The quantitative estimate of drug-likeness (QED) is 0.635. The minimum atomic E-state index is -0.564. The molecule has 0 fully saturated rings. The molecule has 0 bridgehead atoms. The van der Waals surface area contributed by atoms with Crippen molar-refractivity contribution in [1.29, 1.82) is 0 Å². The van der Waals surface area contributed by atoms with Crippen LogP contribution in [0, 0.1) is 18.6 Å². The van der Waals surface area contributed by atoms with E-state index in [0.29, 0.717) is 17.0 Å². The van der Waals surface area contributed by atoms with Crippen LogP contribution in [-0.2, 0) is 6.42 Å². The van der Waals surface area contributed by atoms with Crippen molar-refractivity contribution in [2.24, 2.45) is 0 Å². The molecule has 0 heterocycles. The Hall–Kier alpha value is -0.930. The van der Waals surface area contributed by atoms with Gasteiger partial charge in [0.2, 0.25) is 0 Å². The summed E-state index contributed by atoms with van der Waals surface area (Å²) in [5, 5.41) is 0.652. The van der Waals surface area contributed by atoms with Gasteiger partial charge in [0.15, 0.2) is 0 Å². The summed E-state index contributed by atoms with van der Waals surface area (Å²) in [5.74, 6) is -1.09. The van der Waals surface area contributed by atoms with Crippen molar-refractivity contribution < 1.29 is 8.78 Å². The van der Waals surface area contributed by atoms with E-state index >= 15 is 0 Å². The van der Waals surface area contributed by atoms with Crippen LogP contribution in [0.25, 0.3) is 0 Å². The van der Waals surface area contributed by atoms with Gasteiger partial charge in [-0.2, -0.15) is 0 Å². The summed E-state index contributed by atoms with van der Waals surface area (Å²) in [7, 11) is 0. The second kappa shape index (κ2) is 6.02. The number of aryl methyl sites for hydroxylation is 1. The average molecular weight is 346 g/mol. The van der Waals surface area contributed by atoms with Crippen molar-refractivity contribution in [2.75, 3.05) is 0 Å². The maximum atomic E-state index is 13.6. The molecule has 0 aromatic heterocycles.